The molecule has 0 aromatic heterocycles. The monoisotopic (exact) mass is 429 g/mol. The predicted molar refractivity (Wildman–Crippen MR) is 118 cm³/mol. The second kappa shape index (κ2) is 8.86. The molecule has 4 nitrogen and oxygen atoms in total. The molecule has 4 rings (SSSR count). The van der Waals surface area contributed by atoms with Crippen LogP contribution in [-0.2, 0) is 4.79 Å². The average molecular weight is 430 g/mol. The van der Waals surface area contributed by atoms with Crippen molar-refractivity contribution in [1.29, 1.82) is 0 Å². The number of halogens is 2. The molecule has 0 bridgehead atoms. The fourth-order valence-corrected chi connectivity index (χ4v) is 4.58. The van der Waals surface area contributed by atoms with Crippen molar-refractivity contribution < 1.29 is 4.79 Å². The molecular weight excluding hydrogens is 405 g/mol. The van der Waals surface area contributed by atoms with Crippen molar-refractivity contribution in [2.45, 2.75) is 32.2 Å². The number of hydrazone groups is 1. The van der Waals surface area contributed by atoms with E-state index in [1.54, 1.807) is 5.01 Å². The first kappa shape index (κ1) is 20.4. The van der Waals surface area contributed by atoms with Gasteiger partial charge >= 0.3 is 0 Å². The smallest absolute Gasteiger partial charge is 0.257 e. The standard InChI is InChI=1S/C23H25Cl2N3O/c1-16-10-12-27(13-11-16)15-23(29)28-22(18-7-3-5-9-20(18)25)14-21(26-28)17-6-2-4-8-19(17)24/h2-9,16,22H,10-15H2,1H3/t22-/m0/s1. The SMILES string of the molecule is CC1CCN(CC(=O)N2N=C(c3ccccc3Cl)C[C@H]2c2ccccc2Cl)CC1. The highest BCUT2D eigenvalue weighted by Crippen LogP contribution is 2.37. The van der Waals surface area contributed by atoms with Crippen LogP contribution in [0.5, 0.6) is 0 Å². The van der Waals surface area contributed by atoms with Gasteiger partial charge in [0, 0.05) is 22.0 Å². The molecule has 1 fully saturated rings. The van der Waals surface area contributed by atoms with E-state index in [0.717, 1.165) is 48.7 Å². The Balaban J connectivity index is 1.61. The van der Waals surface area contributed by atoms with Crippen molar-refractivity contribution in [3.05, 3.63) is 69.7 Å². The summed E-state index contributed by atoms with van der Waals surface area (Å²) in [5.41, 5.74) is 2.61. The quantitative estimate of drug-likeness (QED) is 0.651. The van der Waals surface area contributed by atoms with Crippen LogP contribution in [0.4, 0.5) is 0 Å². The molecule has 1 amide bonds. The molecule has 0 aliphatic carbocycles. The maximum atomic E-state index is 13.3. The first-order valence-corrected chi connectivity index (χ1v) is 10.9. The van der Waals surface area contributed by atoms with E-state index in [0.29, 0.717) is 23.0 Å². The number of benzene rings is 2. The van der Waals surface area contributed by atoms with Crippen LogP contribution in [0.2, 0.25) is 10.0 Å². The summed E-state index contributed by atoms with van der Waals surface area (Å²) in [6.07, 6.45) is 2.86. The number of amides is 1. The number of hydrogen-bond acceptors (Lipinski definition) is 3. The molecule has 2 heterocycles. The molecule has 0 saturated carbocycles. The molecule has 152 valence electrons. The molecular formula is C23H25Cl2N3O. The highest BCUT2D eigenvalue weighted by atomic mass is 35.5. The topological polar surface area (TPSA) is 35.9 Å². The third-order valence-corrected chi connectivity index (χ3v) is 6.52. The zero-order chi connectivity index (χ0) is 20.4. The number of likely N-dealkylation sites (tertiary alicyclic amines) is 1. The van der Waals surface area contributed by atoms with Crippen molar-refractivity contribution in [2.24, 2.45) is 11.0 Å². The highest BCUT2D eigenvalue weighted by Gasteiger charge is 2.35. The van der Waals surface area contributed by atoms with Crippen LogP contribution >= 0.6 is 23.2 Å². The Morgan fingerprint density at radius 1 is 1.03 bits per heavy atom. The molecule has 1 saturated heterocycles. The van der Waals surface area contributed by atoms with Gasteiger partial charge in [-0.2, -0.15) is 5.10 Å². The molecule has 0 radical (unpaired) electrons. The van der Waals surface area contributed by atoms with Crippen LogP contribution in [0.25, 0.3) is 0 Å². The molecule has 2 aliphatic heterocycles. The fraction of sp³-hybridized carbons (Fsp3) is 0.391. The van der Waals surface area contributed by atoms with E-state index in [9.17, 15) is 4.79 Å². The second-order valence-corrected chi connectivity index (χ2v) is 8.78. The minimum atomic E-state index is -0.216. The number of rotatable bonds is 4. The molecule has 2 aromatic carbocycles. The van der Waals surface area contributed by atoms with Gasteiger partial charge in [-0.25, -0.2) is 5.01 Å². The molecule has 0 N–H and O–H groups in total. The van der Waals surface area contributed by atoms with Gasteiger partial charge in [0.15, 0.2) is 0 Å². The Morgan fingerprint density at radius 3 is 2.38 bits per heavy atom. The van der Waals surface area contributed by atoms with Gasteiger partial charge in [-0.15, -0.1) is 0 Å². The van der Waals surface area contributed by atoms with Crippen LogP contribution in [0.1, 0.15) is 43.4 Å². The maximum Gasteiger partial charge on any atom is 0.257 e. The van der Waals surface area contributed by atoms with Gasteiger partial charge in [0.2, 0.25) is 0 Å². The van der Waals surface area contributed by atoms with E-state index in [1.807, 2.05) is 48.5 Å². The summed E-state index contributed by atoms with van der Waals surface area (Å²) < 4.78 is 0. The number of carbonyl (C=O) groups is 1. The third-order valence-electron chi connectivity index (χ3n) is 5.85. The normalized spacial score (nSPS) is 20.7. The lowest BCUT2D eigenvalue weighted by molar-refractivity contribution is -0.134. The summed E-state index contributed by atoms with van der Waals surface area (Å²) in [4.78, 5) is 15.5. The minimum absolute atomic E-state index is 0.00604. The molecule has 2 aliphatic rings. The molecule has 2 aromatic rings. The predicted octanol–water partition coefficient (Wildman–Crippen LogP) is 5.40. The molecule has 6 heteroatoms. The number of carbonyl (C=O) groups excluding carboxylic acids is 1. The van der Waals surface area contributed by atoms with Crippen LogP contribution in [0, 0.1) is 5.92 Å². The lowest BCUT2D eigenvalue weighted by Crippen LogP contribution is -2.41. The third kappa shape index (κ3) is 4.50. The molecule has 29 heavy (non-hydrogen) atoms. The lowest BCUT2D eigenvalue weighted by atomic mass is 9.98. The van der Waals surface area contributed by atoms with Gasteiger partial charge in [-0.1, -0.05) is 66.5 Å². The van der Waals surface area contributed by atoms with E-state index in [-0.39, 0.29) is 11.9 Å². The van der Waals surface area contributed by atoms with Gasteiger partial charge in [0.05, 0.1) is 18.3 Å². The van der Waals surface area contributed by atoms with Crippen molar-refractivity contribution >= 4 is 34.8 Å². The first-order chi connectivity index (χ1) is 14.0. The second-order valence-electron chi connectivity index (χ2n) is 7.96. The van der Waals surface area contributed by atoms with Gasteiger partial charge in [-0.3, -0.25) is 9.69 Å². The van der Waals surface area contributed by atoms with E-state index in [1.165, 1.54) is 0 Å². The van der Waals surface area contributed by atoms with Gasteiger partial charge < -0.3 is 0 Å². The number of nitrogens with zero attached hydrogens (tertiary/aromatic N) is 3. The number of hydrogen-bond donors (Lipinski definition) is 0. The Bertz CT molecular complexity index is 922. The molecule has 1 atom stereocenters. The maximum absolute atomic E-state index is 13.3. The van der Waals surface area contributed by atoms with Crippen LogP contribution < -0.4 is 0 Å². The zero-order valence-corrected chi connectivity index (χ0v) is 18.0. The largest absolute Gasteiger partial charge is 0.294 e. The fourth-order valence-electron chi connectivity index (χ4n) is 4.07. The summed E-state index contributed by atoms with van der Waals surface area (Å²) in [6.45, 7) is 4.57. The first-order valence-electron chi connectivity index (χ1n) is 10.1. The lowest BCUT2D eigenvalue weighted by Gasteiger charge is -2.31. The van der Waals surface area contributed by atoms with Gasteiger partial charge in [0.25, 0.3) is 5.91 Å². The Kier molecular flexibility index (Phi) is 6.23. The van der Waals surface area contributed by atoms with E-state index in [2.05, 4.69) is 11.8 Å². The van der Waals surface area contributed by atoms with Crippen molar-refractivity contribution in [3.8, 4) is 0 Å². The Morgan fingerprint density at radius 2 is 1.69 bits per heavy atom. The Hall–Kier alpha value is -1.88. The van der Waals surface area contributed by atoms with E-state index < -0.39 is 0 Å². The summed E-state index contributed by atoms with van der Waals surface area (Å²) in [5, 5.41) is 7.64. The zero-order valence-electron chi connectivity index (χ0n) is 16.5. The number of piperidine rings is 1. The summed E-state index contributed by atoms with van der Waals surface area (Å²) in [7, 11) is 0. The molecule has 0 spiro atoms. The highest BCUT2D eigenvalue weighted by molar-refractivity contribution is 6.34. The average Bonchev–Trinajstić information content (AvgIpc) is 3.15. The van der Waals surface area contributed by atoms with Crippen molar-refractivity contribution in [3.63, 3.8) is 0 Å². The van der Waals surface area contributed by atoms with Gasteiger partial charge in [-0.05, 0) is 49.5 Å². The van der Waals surface area contributed by atoms with E-state index in [4.69, 9.17) is 28.3 Å². The summed E-state index contributed by atoms with van der Waals surface area (Å²) in [5.74, 6) is 0.736. The van der Waals surface area contributed by atoms with E-state index >= 15 is 0 Å². The summed E-state index contributed by atoms with van der Waals surface area (Å²) in [6, 6.07) is 15.1. The summed E-state index contributed by atoms with van der Waals surface area (Å²) >= 11 is 12.9. The van der Waals surface area contributed by atoms with Crippen molar-refractivity contribution in [2.75, 3.05) is 19.6 Å². The van der Waals surface area contributed by atoms with Gasteiger partial charge in [0.1, 0.15) is 0 Å². The Labute approximate surface area is 182 Å². The molecule has 0 unspecified atom stereocenters. The van der Waals surface area contributed by atoms with Crippen LogP contribution in [-0.4, -0.2) is 41.2 Å². The minimum Gasteiger partial charge on any atom is -0.294 e. The van der Waals surface area contributed by atoms with Crippen molar-refractivity contribution in [1.82, 2.24) is 9.91 Å². The van der Waals surface area contributed by atoms with Crippen LogP contribution in [0.3, 0.4) is 0 Å². The van der Waals surface area contributed by atoms with Crippen LogP contribution in [0.15, 0.2) is 53.6 Å².